The van der Waals surface area contributed by atoms with Crippen LogP contribution in [0, 0.1) is 11.2 Å². The van der Waals surface area contributed by atoms with Gasteiger partial charge < -0.3 is 24.8 Å². The molecule has 1 heterocycles. The minimum absolute atomic E-state index is 0.157. The second kappa shape index (κ2) is 15.1. The highest BCUT2D eigenvalue weighted by Gasteiger charge is 2.56. The van der Waals surface area contributed by atoms with E-state index >= 15 is 0 Å². The number of fused-ring (bicyclic) bond motifs is 1. The number of rotatable bonds is 15. The van der Waals surface area contributed by atoms with E-state index in [4.69, 9.17) is 14.2 Å². The maximum atomic E-state index is 13.2. The summed E-state index contributed by atoms with van der Waals surface area (Å²) in [6, 6.07) is 17.7. The number of nitrogens with one attached hydrogen (secondary N) is 2. The third kappa shape index (κ3) is 8.33. The fourth-order valence-corrected chi connectivity index (χ4v) is 5.53. The molecule has 3 aromatic carbocycles. The number of pyridine rings is 1. The van der Waals surface area contributed by atoms with E-state index < -0.39 is 23.0 Å². The van der Waals surface area contributed by atoms with Crippen molar-refractivity contribution in [3.63, 3.8) is 0 Å². The molecule has 4 aromatic rings. The van der Waals surface area contributed by atoms with E-state index in [0.29, 0.717) is 59.3 Å². The summed E-state index contributed by atoms with van der Waals surface area (Å²) in [4.78, 5) is 41.4. The number of ether oxygens (including phenoxy) is 3. The van der Waals surface area contributed by atoms with Crippen molar-refractivity contribution in [3.8, 4) is 23.0 Å². The molecule has 9 nitrogen and oxygen atoms in total. The molecule has 1 aliphatic carbocycles. The molecule has 11 heteroatoms. The first kappa shape index (κ1) is 32.7. The molecule has 1 saturated carbocycles. The maximum absolute atomic E-state index is 13.2. The van der Waals surface area contributed by atoms with Crippen molar-refractivity contribution in [2.75, 3.05) is 30.1 Å². The third-order valence-corrected chi connectivity index (χ3v) is 8.55. The number of methoxy groups -OCH3 is 1. The fourth-order valence-electron chi connectivity index (χ4n) is 4.90. The van der Waals surface area contributed by atoms with Crippen LogP contribution in [0.15, 0.2) is 72.9 Å². The van der Waals surface area contributed by atoms with Crippen LogP contribution >= 0.6 is 11.8 Å². The average molecular weight is 646 g/mol. The second-order valence-electron chi connectivity index (χ2n) is 11.1. The van der Waals surface area contributed by atoms with Gasteiger partial charge in [0.15, 0.2) is 16.6 Å². The van der Waals surface area contributed by atoms with Gasteiger partial charge in [-0.1, -0.05) is 24.6 Å². The molecule has 1 aromatic heterocycles. The van der Waals surface area contributed by atoms with E-state index in [1.807, 2.05) is 12.1 Å². The lowest BCUT2D eigenvalue weighted by molar-refractivity contribution is -0.131. The summed E-state index contributed by atoms with van der Waals surface area (Å²) in [6.45, 7) is 2.13. The Balaban J connectivity index is 1.17. The topological polar surface area (TPSA) is 116 Å². The zero-order chi connectivity index (χ0) is 32.5. The van der Waals surface area contributed by atoms with Crippen molar-refractivity contribution in [2.45, 2.75) is 45.4 Å². The predicted molar refractivity (Wildman–Crippen MR) is 177 cm³/mol. The number of carbonyl (C=O) groups excluding carboxylic acids is 3. The number of aromatic nitrogens is 1. The normalized spacial score (nSPS) is 13.1. The van der Waals surface area contributed by atoms with E-state index in [9.17, 15) is 18.8 Å². The average Bonchev–Trinajstić information content (AvgIpc) is 3.87. The minimum atomic E-state index is -1.16. The largest absolute Gasteiger partial charge is 0.493 e. The Bertz CT molecular complexity index is 1690. The van der Waals surface area contributed by atoms with Crippen LogP contribution in [0.5, 0.6) is 23.0 Å². The molecule has 2 amide bonds. The molecule has 1 aliphatic rings. The van der Waals surface area contributed by atoms with Gasteiger partial charge in [0.1, 0.15) is 22.7 Å². The van der Waals surface area contributed by atoms with E-state index in [0.717, 1.165) is 36.8 Å². The summed E-state index contributed by atoms with van der Waals surface area (Å²) < 4.78 is 31.0. The molecule has 2 N–H and O–H groups in total. The van der Waals surface area contributed by atoms with Gasteiger partial charge >= 0.3 is 0 Å². The smallest absolute Gasteiger partial charge is 0.240 e. The summed E-state index contributed by atoms with van der Waals surface area (Å²) in [5.41, 5.74) is 0.487. The monoisotopic (exact) mass is 645 g/mol. The highest BCUT2D eigenvalue weighted by Crippen LogP contribution is 2.47. The van der Waals surface area contributed by atoms with Crippen LogP contribution in [0.25, 0.3) is 10.9 Å². The summed E-state index contributed by atoms with van der Waals surface area (Å²) in [7, 11) is 1.59. The molecule has 0 unspecified atom stereocenters. The number of halogens is 1. The molecule has 0 aliphatic heterocycles. The summed E-state index contributed by atoms with van der Waals surface area (Å²) in [6.07, 6.45) is 6.48. The van der Waals surface area contributed by atoms with E-state index in [-0.39, 0.29) is 5.12 Å². The van der Waals surface area contributed by atoms with Gasteiger partial charge in [-0.3, -0.25) is 19.4 Å². The van der Waals surface area contributed by atoms with E-state index in [1.54, 1.807) is 50.6 Å². The van der Waals surface area contributed by atoms with Crippen LogP contribution in [0.1, 0.15) is 45.4 Å². The lowest BCUT2D eigenvalue weighted by atomic mass is 10.0. The summed E-state index contributed by atoms with van der Waals surface area (Å²) in [5, 5.41) is 6.44. The van der Waals surface area contributed by atoms with Gasteiger partial charge in [-0.05, 0) is 86.3 Å². The highest BCUT2D eigenvalue weighted by molar-refractivity contribution is 8.13. The number of anilines is 2. The Morgan fingerprint density at radius 3 is 2.13 bits per heavy atom. The lowest BCUT2D eigenvalue weighted by Gasteiger charge is -2.16. The number of hydrogen-bond donors (Lipinski definition) is 2. The van der Waals surface area contributed by atoms with Crippen LogP contribution < -0.4 is 24.8 Å². The minimum Gasteiger partial charge on any atom is -0.493 e. The summed E-state index contributed by atoms with van der Waals surface area (Å²) >= 11 is 1.37. The van der Waals surface area contributed by atoms with Crippen LogP contribution in [0.4, 0.5) is 15.8 Å². The number of nitrogens with zero attached hydrogens (tertiary/aromatic N) is 1. The van der Waals surface area contributed by atoms with E-state index in [1.165, 1.54) is 36.0 Å². The third-order valence-electron chi connectivity index (χ3n) is 7.65. The van der Waals surface area contributed by atoms with Gasteiger partial charge in [0, 0.05) is 41.7 Å². The molecule has 0 saturated heterocycles. The fraction of sp³-hybridized carbons (Fsp3) is 0.314. The van der Waals surface area contributed by atoms with Crippen molar-refractivity contribution >= 4 is 51.0 Å². The molecule has 0 spiro atoms. The van der Waals surface area contributed by atoms with Crippen molar-refractivity contribution in [1.29, 1.82) is 0 Å². The zero-order valence-electron chi connectivity index (χ0n) is 25.8. The van der Waals surface area contributed by atoms with Crippen LogP contribution in [-0.2, 0) is 14.4 Å². The molecule has 5 rings (SSSR count). The van der Waals surface area contributed by atoms with Crippen molar-refractivity contribution in [2.24, 2.45) is 5.41 Å². The van der Waals surface area contributed by atoms with Gasteiger partial charge in [0.25, 0.3) is 0 Å². The summed E-state index contributed by atoms with van der Waals surface area (Å²) in [5.74, 6) is 1.93. The van der Waals surface area contributed by atoms with Gasteiger partial charge in [-0.15, -0.1) is 0 Å². The Morgan fingerprint density at radius 2 is 1.50 bits per heavy atom. The number of hydrogen-bond acceptors (Lipinski definition) is 8. The highest BCUT2D eigenvalue weighted by atomic mass is 32.2. The Morgan fingerprint density at radius 1 is 0.848 bits per heavy atom. The number of unbranched alkanes of at least 4 members (excludes halogenated alkanes) is 3. The Kier molecular flexibility index (Phi) is 10.7. The molecule has 0 atom stereocenters. The zero-order valence-corrected chi connectivity index (χ0v) is 26.6. The number of amides is 2. The Labute approximate surface area is 271 Å². The first-order valence-corrected chi connectivity index (χ1v) is 16.2. The van der Waals surface area contributed by atoms with Crippen LogP contribution in [0.2, 0.25) is 0 Å². The van der Waals surface area contributed by atoms with Gasteiger partial charge in [-0.2, -0.15) is 0 Å². The Hall–Kier alpha value is -4.64. The van der Waals surface area contributed by atoms with Gasteiger partial charge in [0.2, 0.25) is 11.8 Å². The van der Waals surface area contributed by atoms with E-state index in [2.05, 4.69) is 15.6 Å². The van der Waals surface area contributed by atoms with Crippen LogP contribution in [0.3, 0.4) is 0 Å². The van der Waals surface area contributed by atoms with Gasteiger partial charge in [-0.25, -0.2) is 4.39 Å². The lowest BCUT2D eigenvalue weighted by Crippen LogP contribution is -2.35. The molecular formula is C35H36FN3O6S. The number of carbonyl (C=O) groups is 3. The van der Waals surface area contributed by atoms with Crippen molar-refractivity contribution < 1.29 is 33.0 Å². The van der Waals surface area contributed by atoms with Crippen molar-refractivity contribution in [3.05, 3.63) is 78.7 Å². The quantitative estimate of drug-likeness (QED) is 0.0996. The SMILES string of the molecule is COc1cc2c(Oc3ccc(NC(=O)C4(C(=O)Nc5ccc(F)cc5)CC4)cc3)ccnc2cc1OCCCCCCSC(C)=O. The standard InChI is InChI=1S/C35H36FN3O6S/c1-23(40)46-20-6-4-3-5-19-44-32-22-29-28(21-31(32)43-2)30(15-18-37-29)45-27-13-11-26(12-14-27)39-34(42)35(16-17-35)33(41)38-25-9-7-24(36)8-10-25/h7-15,18,21-22H,3-6,16-17,19-20H2,1-2H3,(H,38,41)(H,39,42). The van der Waals surface area contributed by atoms with Gasteiger partial charge in [0.05, 0.1) is 19.2 Å². The van der Waals surface area contributed by atoms with Crippen molar-refractivity contribution in [1.82, 2.24) is 4.98 Å². The van der Waals surface area contributed by atoms with Crippen LogP contribution in [-0.4, -0.2) is 41.4 Å². The molecule has 0 radical (unpaired) electrons. The predicted octanol–water partition coefficient (Wildman–Crippen LogP) is 7.75. The molecular weight excluding hydrogens is 609 g/mol. The molecule has 1 fully saturated rings. The number of thioether (sulfide) groups is 1. The molecule has 240 valence electrons. The second-order valence-corrected chi connectivity index (χ2v) is 12.3. The first-order chi connectivity index (χ1) is 22.3. The molecule has 0 bridgehead atoms. The first-order valence-electron chi connectivity index (χ1n) is 15.2. The maximum Gasteiger partial charge on any atom is 0.240 e. The molecule has 46 heavy (non-hydrogen) atoms. The number of benzene rings is 3.